The van der Waals surface area contributed by atoms with Crippen LogP contribution < -0.4 is 9.47 Å². The summed E-state index contributed by atoms with van der Waals surface area (Å²) in [5, 5.41) is 0. The standard InChI is InChI=1S/C12H13N4O2/c1-7-5-8(2)16-10(15-7)9-11(17-3)13-6-14-12(9)18-4/h5H,1-4H3. The predicted octanol–water partition coefficient (Wildman–Crippen LogP) is 1.37. The van der Waals surface area contributed by atoms with Gasteiger partial charge in [0.05, 0.1) is 14.2 Å². The van der Waals surface area contributed by atoms with Gasteiger partial charge in [-0.1, -0.05) is 0 Å². The Labute approximate surface area is 105 Å². The molecule has 0 atom stereocenters. The Balaban J connectivity index is 2.68. The number of hydrogen-bond donors (Lipinski definition) is 0. The molecule has 0 aliphatic heterocycles. The molecule has 18 heavy (non-hydrogen) atoms. The van der Waals surface area contributed by atoms with E-state index in [1.54, 1.807) is 0 Å². The average Bonchev–Trinajstić information content (AvgIpc) is 2.36. The topological polar surface area (TPSA) is 70.0 Å². The molecular weight excluding hydrogens is 232 g/mol. The van der Waals surface area contributed by atoms with Gasteiger partial charge in [0.1, 0.15) is 5.56 Å². The van der Waals surface area contributed by atoms with Gasteiger partial charge in [-0.15, -0.1) is 0 Å². The monoisotopic (exact) mass is 245 g/mol. The zero-order valence-corrected chi connectivity index (χ0v) is 10.7. The van der Waals surface area contributed by atoms with Crippen LogP contribution in [0.15, 0.2) is 6.07 Å². The third-order valence-corrected chi connectivity index (χ3v) is 2.32. The van der Waals surface area contributed by atoms with E-state index in [0.717, 1.165) is 11.4 Å². The van der Waals surface area contributed by atoms with Crippen LogP contribution in [0.2, 0.25) is 0 Å². The Bertz CT molecular complexity index is 529. The van der Waals surface area contributed by atoms with Gasteiger partial charge in [0.2, 0.25) is 18.1 Å². The number of hydrogen-bond acceptors (Lipinski definition) is 6. The van der Waals surface area contributed by atoms with Crippen LogP contribution >= 0.6 is 0 Å². The highest BCUT2D eigenvalue weighted by Crippen LogP contribution is 2.32. The number of nitrogens with zero attached hydrogens (tertiary/aromatic N) is 4. The molecule has 2 rings (SSSR count). The molecule has 0 fully saturated rings. The van der Waals surface area contributed by atoms with E-state index in [1.807, 2.05) is 19.9 Å². The highest BCUT2D eigenvalue weighted by Gasteiger charge is 2.18. The predicted molar refractivity (Wildman–Crippen MR) is 64.5 cm³/mol. The minimum Gasteiger partial charge on any atom is -0.480 e. The average molecular weight is 245 g/mol. The summed E-state index contributed by atoms with van der Waals surface area (Å²) in [5.74, 6) is 1.16. The smallest absolute Gasteiger partial charge is 0.232 e. The van der Waals surface area contributed by atoms with Crippen molar-refractivity contribution in [1.82, 2.24) is 19.9 Å². The minimum absolute atomic E-state index is 0.340. The first-order valence-corrected chi connectivity index (χ1v) is 5.34. The second kappa shape index (κ2) is 4.95. The minimum atomic E-state index is 0.340. The van der Waals surface area contributed by atoms with Crippen molar-refractivity contribution in [3.05, 3.63) is 23.8 Å². The first kappa shape index (κ1) is 12.2. The van der Waals surface area contributed by atoms with Gasteiger partial charge in [-0.05, 0) is 19.9 Å². The second-order valence-electron chi connectivity index (χ2n) is 3.69. The third-order valence-electron chi connectivity index (χ3n) is 2.32. The summed E-state index contributed by atoms with van der Waals surface area (Å²) in [4.78, 5) is 16.6. The second-order valence-corrected chi connectivity index (χ2v) is 3.69. The Morgan fingerprint density at radius 3 is 1.89 bits per heavy atom. The van der Waals surface area contributed by atoms with Crippen molar-refractivity contribution in [3.63, 3.8) is 0 Å². The maximum Gasteiger partial charge on any atom is 0.232 e. The van der Waals surface area contributed by atoms with Crippen LogP contribution in [0.5, 0.6) is 11.8 Å². The van der Waals surface area contributed by atoms with Crippen LogP contribution in [0, 0.1) is 20.2 Å². The summed E-state index contributed by atoms with van der Waals surface area (Å²) in [5.41, 5.74) is 2.24. The number of aromatic nitrogens is 4. The maximum absolute atomic E-state index is 5.18. The Kier molecular flexibility index (Phi) is 3.36. The Morgan fingerprint density at radius 1 is 0.944 bits per heavy atom. The van der Waals surface area contributed by atoms with E-state index in [4.69, 9.17) is 9.47 Å². The number of ether oxygens (including phenoxy) is 2. The molecule has 0 bridgehead atoms. The largest absolute Gasteiger partial charge is 0.480 e. The molecule has 2 aromatic heterocycles. The van der Waals surface area contributed by atoms with Gasteiger partial charge in [0, 0.05) is 11.4 Å². The fourth-order valence-electron chi connectivity index (χ4n) is 1.64. The van der Waals surface area contributed by atoms with E-state index in [-0.39, 0.29) is 0 Å². The lowest BCUT2D eigenvalue weighted by molar-refractivity contribution is 0.373. The van der Waals surface area contributed by atoms with Gasteiger partial charge < -0.3 is 9.47 Å². The summed E-state index contributed by atoms with van der Waals surface area (Å²) in [7, 11) is 3.03. The first-order chi connectivity index (χ1) is 8.65. The molecule has 0 saturated carbocycles. The van der Waals surface area contributed by atoms with Crippen molar-refractivity contribution in [3.8, 4) is 23.1 Å². The third kappa shape index (κ3) is 2.22. The molecule has 0 unspecified atom stereocenters. The molecular formula is C12H13N4O2. The zero-order chi connectivity index (χ0) is 13.1. The lowest BCUT2D eigenvalue weighted by Gasteiger charge is -2.10. The van der Waals surface area contributed by atoms with Gasteiger partial charge in [-0.25, -0.2) is 9.97 Å². The van der Waals surface area contributed by atoms with Crippen molar-refractivity contribution in [2.75, 3.05) is 14.2 Å². The maximum atomic E-state index is 5.18. The normalized spacial score (nSPS) is 10.2. The van der Waals surface area contributed by atoms with Crippen LogP contribution in [0.3, 0.4) is 0 Å². The summed E-state index contributed by atoms with van der Waals surface area (Å²) < 4.78 is 10.4. The summed E-state index contributed by atoms with van der Waals surface area (Å²) >= 11 is 0. The lowest BCUT2D eigenvalue weighted by Crippen LogP contribution is -2.02. The van der Waals surface area contributed by atoms with Crippen molar-refractivity contribution < 1.29 is 9.47 Å². The van der Waals surface area contributed by atoms with Crippen LogP contribution in [0.4, 0.5) is 0 Å². The van der Waals surface area contributed by atoms with Crippen molar-refractivity contribution >= 4 is 0 Å². The van der Waals surface area contributed by atoms with Gasteiger partial charge in [0.15, 0.2) is 5.82 Å². The fraction of sp³-hybridized carbons (Fsp3) is 0.333. The van der Waals surface area contributed by atoms with Crippen LogP contribution in [-0.2, 0) is 0 Å². The zero-order valence-electron chi connectivity index (χ0n) is 10.7. The number of rotatable bonds is 3. The summed E-state index contributed by atoms with van der Waals surface area (Å²) in [6.07, 6.45) is 2.47. The quantitative estimate of drug-likeness (QED) is 0.813. The van der Waals surface area contributed by atoms with Crippen molar-refractivity contribution in [2.45, 2.75) is 13.8 Å². The molecule has 0 saturated heterocycles. The van der Waals surface area contributed by atoms with E-state index in [9.17, 15) is 0 Å². The molecule has 2 aromatic rings. The SMILES string of the molecule is COc1n[c]nc(OC)c1-c1nc(C)cc(C)n1. The fourth-order valence-corrected chi connectivity index (χ4v) is 1.64. The van der Waals surface area contributed by atoms with E-state index < -0.39 is 0 Å². The van der Waals surface area contributed by atoms with Gasteiger partial charge in [0.25, 0.3) is 0 Å². The molecule has 93 valence electrons. The lowest BCUT2D eigenvalue weighted by atomic mass is 10.2. The molecule has 0 spiro atoms. The van der Waals surface area contributed by atoms with E-state index >= 15 is 0 Å². The Hall–Kier alpha value is -2.24. The number of aryl methyl sites for hydroxylation is 2. The molecule has 0 amide bonds. The van der Waals surface area contributed by atoms with Crippen LogP contribution in [0.25, 0.3) is 11.4 Å². The molecule has 0 aliphatic carbocycles. The number of methoxy groups -OCH3 is 2. The van der Waals surface area contributed by atoms with Gasteiger partial charge in [-0.2, -0.15) is 9.97 Å². The van der Waals surface area contributed by atoms with E-state index in [2.05, 4.69) is 26.3 Å². The van der Waals surface area contributed by atoms with Crippen LogP contribution in [0.1, 0.15) is 11.4 Å². The summed E-state index contributed by atoms with van der Waals surface area (Å²) in [6.45, 7) is 3.79. The molecule has 6 heteroatoms. The molecule has 0 aromatic carbocycles. The summed E-state index contributed by atoms with van der Waals surface area (Å²) in [6, 6.07) is 1.89. The first-order valence-electron chi connectivity index (χ1n) is 5.34. The van der Waals surface area contributed by atoms with E-state index in [0.29, 0.717) is 23.1 Å². The van der Waals surface area contributed by atoms with Gasteiger partial charge >= 0.3 is 0 Å². The molecule has 1 radical (unpaired) electrons. The van der Waals surface area contributed by atoms with Crippen molar-refractivity contribution in [2.24, 2.45) is 0 Å². The molecule has 2 heterocycles. The highest BCUT2D eigenvalue weighted by molar-refractivity contribution is 5.67. The highest BCUT2D eigenvalue weighted by atomic mass is 16.5. The van der Waals surface area contributed by atoms with E-state index in [1.165, 1.54) is 14.2 Å². The van der Waals surface area contributed by atoms with Gasteiger partial charge in [-0.3, -0.25) is 0 Å². The molecule has 0 aliphatic rings. The van der Waals surface area contributed by atoms with Crippen molar-refractivity contribution in [1.29, 1.82) is 0 Å². The molecule has 6 nitrogen and oxygen atoms in total. The molecule has 0 N–H and O–H groups in total. The van der Waals surface area contributed by atoms with Crippen LogP contribution in [-0.4, -0.2) is 34.2 Å². The Morgan fingerprint density at radius 2 is 1.44 bits per heavy atom.